The van der Waals surface area contributed by atoms with E-state index in [1.165, 1.54) is 22.8 Å². The Morgan fingerprint density at radius 3 is 2.69 bits per heavy atom. The number of nitro benzene ring substituents is 1. The number of rotatable bonds is 5. The first-order valence-corrected chi connectivity index (χ1v) is 8.04. The molecule has 2 aromatic carbocycles. The molecule has 0 spiro atoms. The summed E-state index contributed by atoms with van der Waals surface area (Å²) in [6, 6.07) is 8.21. The van der Waals surface area contributed by atoms with Gasteiger partial charge in [0.05, 0.1) is 21.9 Å². The van der Waals surface area contributed by atoms with Gasteiger partial charge in [0.25, 0.3) is 5.69 Å². The van der Waals surface area contributed by atoms with Crippen molar-refractivity contribution in [1.29, 1.82) is 0 Å². The van der Waals surface area contributed by atoms with E-state index in [-0.39, 0.29) is 29.4 Å². The normalized spacial score (nSPS) is 10.8. The monoisotopic (exact) mass is 396 g/mol. The molecular weight excluding hydrogens is 387 g/mol. The highest BCUT2D eigenvalue weighted by atomic mass is 35.5. The average Bonchev–Trinajstić information content (AvgIpc) is 2.88. The maximum atomic E-state index is 12.0. The van der Waals surface area contributed by atoms with Crippen molar-refractivity contribution in [2.45, 2.75) is 13.0 Å². The van der Waals surface area contributed by atoms with Crippen molar-refractivity contribution >= 4 is 46.0 Å². The quantitative estimate of drug-likeness (QED) is 0.281. The molecule has 0 unspecified atom stereocenters. The summed E-state index contributed by atoms with van der Waals surface area (Å²) < 4.78 is 11.4. The summed E-state index contributed by atoms with van der Waals surface area (Å²) in [5.74, 6) is -1.28. The largest absolute Gasteiger partial charge is 0.425 e. The van der Waals surface area contributed by atoms with E-state index >= 15 is 0 Å². The Morgan fingerprint density at radius 1 is 1.23 bits per heavy atom. The number of oxazole rings is 1. The number of nitro groups is 1. The molecule has 0 amide bonds. The van der Waals surface area contributed by atoms with Gasteiger partial charge in [0, 0.05) is 29.8 Å². The molecule has 0 atom stereocenters. The van der Waals surface area contributed by atoms with E-state index in [4.69, 9.17) is 32.4 Å². The lowest BCUT2D eigenvalue weighted by Crippen LogP contribution is -2.18. The molecule has 8 nitrogen and oxygen atoms in total. The van der Waals surface area contributed by atoms with Gasteiger partial charge in [-0.3, -0.25) is 19.5 Å². The number of fused-ring (bicyclic) bond motifs is 1. The van der Waals surface area contributed by atoms with Gasteiger partial charge >= 0.3 is 11.7 Å². The third-order valence-electron chi connectivity index (χ3n) is 3.52. The molecule has 134 valence electrons. The third-order valence-corrected chi connectivity index (χ3v) is 4.05. The van der Waals surface area contributed by atoms with Crippen LogP contribution in [0.25, 0.3) is 11.1 Å². The van der Waals surface area contributed by atoms with Crippen LogP contribution in [0.2, 0.25) is 10.0 Å². The molecule has 3 aromatic rings. The van der Waals surface area contributed by atoms with Gasteiger partial charge in [0.1, 0.15) is 5.75 Å². The molecule has 10 heteroatoms. The van der Waals surface area contributed by atoms with Gasteiger partial charge in [-0.05, 0) is 18.2 Å². The Kier molecular flexibility index (Phi) is 4.97. The van der Waals surface area contributed by atoms with Crippen LogP contribution in [0.4, 0.5) is 5.69 Å². The van der Waals surface area contributed by atoms with Crippen molar-refractivity contribution in [1.82, 2.24) is 4.57 Å². The second kappa shape index (κ2) is 7.19. The van der Waals surface area contributed by atoms with Crippen molar-refractivity contribution in [3.63, 3.8) is 0 Å². The molecule has 0 radical (unpaired) electrons. The van der Waals surface area contributed by atoms with Gasteiger partial charge in [-0.15, -0.1) is 0 Å². The minimum Gasteiger partial charge on any atom is -0.425 e. The summed E-state index contributed by atoms with van der Waals surface area (Å²) in [5.41, 5.74) is 0.597. The molecule has 0 saturated heterocycles. The molecule has 0 fully saturated rings. The summed E-state index contributed by atoms with van der Waals surface area (Å²) >= 11 is 11.7. The van der Waals surface area contributed by atoms with Gasteiger partial charge in [0.2, 0.25) is 0 Å². The van der Waals surface area contributed by atoms with E-state index in [0.717, 1.165) is 6.07 Å². The van der Waals surface area contributed by atoms with E-state index < -0.39 is 16.6 Å². The highest BCUT2D eigenvalue weighted by molar-refractivity contribution is 6.32. The molecule has 26 heavy (non-hydrogen) atoms. The van der Waals surface area contributed by atoms with Crippen molar-refractivity contribution in [2.75, 3.05) is 0 Å². The molecule has 0 aliphatic heterocycles. The SMILES string of the molecule is O=C(CCn1c(=O)oc2cc(Cl)ccc21)Oc1ccc([N+](=O)[O-])cc1Cl. The van der Waals surface area contributed by atoms with Crippen LogP contribution in [0.15, 0.2) is 45.6 Å². The molecule has 1 aromatic heterocycles. The van der Waals surface area contributed by atoms with Crippen LogP contribution in [-0.2, 0) is 11.3 Å². The number of carbonyl (C=O) groups excluding carboxylic acids is 1. The maximum absolute atomic E-state index is 12.0. The van der Waals surface area contributed by atoms with Crippen LogP contribution in [-0.4, -0.2) is 15.5 Å². The van der Waals surface area contributed by atoms with Crippen molar-refractivity contribution in [2.24, 2.45) is 0 Å². The number of esters is 1. The molecule has 0 saturated carbocycles. The van der Waals surface area contributed by atoms with Crippen molar-refractivity contribution < 1.29 is 18.9 Å². The van der Waals surface area contributed by atoms with Gasteiger partial charge in [-0.1, -0.05) is 23.2 Å². The smallest absolute Gasteiger partial charge is 0.419 e. The van der Waals surface area contributed by atoms with Crippen molar-refractivity contribution in [3.05, 3.63) is 67.1 Å². The van der Waals surface area contributed by atoms with Crippen LogP contribution in [0, 0.1) is 10.1 Å². The number of carbonyl (C=O) groups is 1. The summed E-state index contributed by atoms with van der Waals surface area (Å²) in [5, 5.41) is 11.0. The standard InChI is InChI=1S/C16H10Cl2N2O6/c17-9-1-3-12-14(7-9)26-16(22)19(12)6-5-15(21)25-13-4-2-10(20(23)24)8-11(13)18/h1-4,7-8H,5-6H2. The molecular formula is C16H10Cl2N2O6. The van der Waals surface area contributed by atoms with E-state index in [1.807, 2.05) is 0 Å². The number of benzene rings is 2. The number of aryl methyl sites for hydroxylation is 1. The first-order chi connectivity index (χ1) is 12.3. The third kappa shape index (κ3) is 3.71. The zero-order chi connectivity index (χ0) is 18.8. The topological polar surface area (TPSA) is 105 Å². The zero-order valence-electron chi connectivity index (χ0n) is 13.0. The Balaban J connectivity index is 1.71. The first-order valence-electron chi connectivity index (χ1n) is 7.28. The Labute approximate surface area is 155 Å². The summed E-state index contributed by atoms with van der Waals surface area (Å²) in [6.45, 7) is 0.0247. The summed E-state index contributed by atoms with van der Waals surface area (Å²) in [7, 11) is 0. The minimum absolute atomic E-state index is 0.00144. The lowest BCUT2D eigenvalue weighted by Gasteiger charge is -2.06. The van der Waals surface area contributed by atoms with Crippen molar-refractivity contribution in [3.8, 4) is 5.75 Å². The fraction of sp³-hybridized carbons (Fsp3) is 0.125. The van der Waals surface area contributed by atoms with Gasteiger partial charge < -0.3 is 9.15 Å². The predicted octanol–water partition coefficient (Wildman–Crippen LogP) is 3.81. The molecule has 1 heterocycles. The second-order valence-electron chi connectivity index (χ2n) is 5.23. The lowest BCUT2D eigenvalue weighted by molar-refractivity contribution is -0.384. The number of halogens is 2. The Morgan fingerprint density at radius 2 is 2.00 bits per heavy atom. The highest BCUT2D eigenvalue weighted by Crippen LogP contribution is 2.29. The fourth-order valence-corrected chi connectivity index (χ4v) is 2.69. The Bertz CT molecular complexity index is 1070. The fourth-order valence-electron chi connectivity index (χ4n) is 2.31. The van der Waals surface area contributed by atoms with Gasteiger partial charge in [-0.2, -0.15) is 0 Å². The molecule has 0 aliphatic rings. The number of non-ortho nitro benzene ring substituents is 1. The van der Waals surface area contributed by atoms with Gasteiger partial charge in [-0.25, -0.2) is 4.79 Å². The first kappa shape index (κ1) is 18.0. The second-order valence-corrected chi connectivity index (χ2v) is 6.07. The van der Waals surface area contributed by atoms with Crippen LogP contribution in [0.5, 0.6) is 5.75 Å². The number of ether oxygens (including phenoxy) is 1. The zero-order valence-corrected chi connectivity index (χ0v) is 14.5. The maximum Gasteiger partial charge on any atom is 0.419 e. The number of nitrogens with zero attached hydrogens (tertiary/aromatic N) is 2. The number of hydrogen-bond donors (Lipinski definition) is 0. The van der Waals surface area contributed by atoms with E-state index in [2.05, 4.69) is 0 Å². The van der Waals surface area contributed by atoms with E-state index in [9.17, 15) is 19.7 Å². The molecule has 0 bridgehead atoms. The molecule has 3 rings (SSSR count). The van der Waals surface area contributed by atoms with Crippen LogP contribution >= 0.6 is 23.2 Å². The Hall–Kier alpha value is -2.84. The van der Waals surface area contributed by atoms with Crippen LogP contribution in [0.1, 0.15) is 6.42 Å². The van der Waals surface area contributed by atoms with Crippen LogP contribution in [0.3, 0.4) is 0 Å². The average molecular weight is 397 g/mol. The highest BCUT2D eigenvalue weighted by Gasteiger charge is 2.15. The number of aromatic nitrogens is 1. The summed E-state index contributed by atoms with van der Waals surface area (Å²) in [6.07, 6.45) is -0.134. The minimum atomic E-state index is -0.657. The lowest BCUT2D eigenvalue weighted by atomic mass is 10.3. The molecule has 0 N–H and O–H groups in total. The number of hydrogen-bond acceptors (Lipinski definition) is 6. The van der Waals surface area contributed by atoms with E-state index in [0.29, 0.717) is 16.1 Å². The van der Waals surface area contributed by atoms with Crippen LogP contribution < -0.4 is 10.5 Å². The van der Waals surface area contributed by atoms with Gasteiger partial charge in [0.15, 0.2) is 5.58 Å². The predicted molar refractivity (Wildman–Crippen MR) is 93.8 cm³/mol. The summed E-state index contributed by atoms with van der Waals surface area (Å²) in [4.78, 5) is 33.9. The molecule has 0 aliphatic carbocycles. The van der Waals surface area contributed by atoms with E-state index in [1.54, 1.807) is 12.1 Å².